The number of ether oxygens (including phenoxy) is 1. The SMILES string of the molecule is COC(=O)/C(=C\C(=O)c1ccc(Br)cc1)Nc1ccccc1. The normalized spacial score (nSPS) is 10.9. The predicted octanol–water partition coefficient (Wildman–Crippen LogP) is 3.80. The minimum absolute atomic E-state index is 0.0848. The van der Waals surface area contributed by atoms with Crippen molar-refractivity contribution in [3.05, 3.63) is 76.4 Å². The molecule has 2 aromatic rings. The lowest BCUT2D eigenvalue weighted by atomic mass is 10.1. The quantitative estimate of drug-likeness (QED) is 0.501. The van der Waals surface area contributed by atoms with Gasteiger partial charge in [0, 0.05) is 21.8 Å². The fourth-order valence-corrected chi connectivity index (χ4v) is 2.03. The van der Waals surface area contributed by atoms with Gasteiger partial charge in [-0.3, -0.25) is 4.79 Å². The molecule has 0 aliphatic carbocycles. The van der Waals surface area contributed by atoms with E-state index < -0.39 is 5.97 Å². The standard InChI is InChI=1S/C17H14BrNO3/c1-22-17(21)15(19-14-5-3-2-4-6-14)11-16(20)12-7-9-13(18)10-8-12/h2-11,19H,1H3/b15-11+. The molecule has 112 valence electrons. The van der Waals surface area contributed by atoms with Gasteiger partial charge in [-0.15, -0.1) is 0 Å². The zero-order valence-electron chi connectivity index (χ0n) is 11.9. The molecule has 22 heavy (non-hydrogen) atoms. The molecule has 0 spiro atoms. The van der Waals surface area contributed by atoms with E-state index in [1.165, 1.54) is 13.2 Å². The molecule has 0 heterocycles. The molecule has 0 aliphatic rings. The summed E-state index contributed by atoms with van der Waals surface area (Å²) in [5.41, 5.74) is 1.27. The molecule has 0 bridgehead atoms. The van der Waals surface area contributed by atoms with E-state index in [-0.39, 0.29) is 11.5 Å². The van der Waals surface area contributed by atoms with Crippen LogP contribution in [0.15, 0.2) is 70.8 Å². The number of benzene rings is 2. The number of anilines is 1. The van der Waals surface area contributed by atoms with Crippen molar-refractivity contribution < 1.29 is 14.3 Å². The van der Waals surface area contributed by atoms with Crippen LogP contribution in [0.4, 0.5) is 5.69 Å². The van der Waals surface area contributed by atoms with Crippen LogP contribution in [0.3, 0.4) is 0 Å². The number of ketones is 1. The van der Waals surface area contributed by atoms with Crippen molar-refractivity contribution in [2.24, 2.45) is 0 Å². The van der Waals surface area contributed by atoms with Crippen LogP contribution in [0.5, 0.6) is 0 Å². The molecule has 0 aliphatic heterocycles. The van der Waals surface area contributed by atoms with Gasteiger partial charge >= 0.3 is 5.97 Å². The Kier molecular flexibility index (Phi) is 5.49. The molecule has 0 amide bonds. The fourth-order valence-electron chi connectivity index (χ4n) is 1.76. The lowest BCUT2D eigenvalue weighted by Crippen LogP contribution is -2.15. The minimum atomic E-state index is -0.602. The summed E-state index contributed by atoms with van der Waals surface area (Å²) in [7, 11) is 1.27. The maximum Gasteiger partial charge on any atom is 0.354 e. The first-order valence-electron chi connectivity index (χ1n) is 6.52. The monoisotopic (exact) mass is 359 g/mol. The first-order chi connectivity index (χ1) is 10.6. The minimum Gasteiger partial charge on any atom is -0.464 e. The third-order valence-corrected chi connectivity index (χ3v) is 3.39. The second-order valence-electron chi connectivity index (χ2n) is 4.41. The number of hydrogen-bond donors (Lipinski definition) is 1. The van der Waals surface area contributed by atoms with Crippen LogP contribution in [0, 0.1) is 0 Å². The van der Waals surface area contributed by atoms with Gasteiger partial charge in [-0.05, 0) is 36.4 Å². The Morgan fingerprint density at radius 2 is 1.68 bits per heavy atom. The van der Waals surface area contributed by atoms with Gasteiger partial charge in [0.2, 0.25) is 0 Å². The molecule has 4 nitrogen and oxygen atoms in total. The van der Waals surface area contributed by atoms with E-state index in [4.69, 9.17) is 4.74 Å². The van der Waals surface area contributed by atoms with Gasteiger partial charge < -0.3 is 10.1 Å². The van der Waals surface area contributed by atoms with Crippen molar-refractivity contribution in [2.45, 2.75) is 0 Å². The van der Waals surface area contributed by atoms with Crippen molar-refractivity contribution in [1.29, 1.82) is 0 Å². The van der Waals surface area contributed by atoms with Crippen LogP contribution in [-0.4, -0.2) is 18.9 Å². The van der Waals surface area contributed by atoms with E-state index >= 15 is 0 Å². The summed E-state index contributed by atoms with van der Waals surface area (Å²) in [5, 5.41) is 2.90. The van der Waals surface area contributed by atoms with E-state index in [1.54, 1.807) is 36.4 Å². The first kappa shape index (κ1) is 16.0. The third-order valence-electron chi connectivity index (χ3n) is 2.86. The zero-order chi connectivity index (χ0) is 15.9. The van der Waals surface area contributed by atoms with Crippen molar-refractivity contribution in [1.82, 2.24) is 0 Å². The molecule has 0 atom stereocenters. The van der Waals surface area contributed by atoms with E-state index in [0.29, 0.717) is 11.3 Å². The van der Waals surface area contributed by atoms with E-state index in [2.05, 4.69) is 21.2 Å². The number of halogens is 1. The Morgan fingerprint density at radius 1 is 1.05 bits per heavy atom. The van der Waals surface area contributed by atoms with E-state index in [0.717, 1.165) is 4.47 Å². The van der Waals surface area contributed by atoms with Gasteiger partial charge in [0.05, 0.1) is 7.11 Å². The van der Waals surface area contributed by atoms with Gasteiger partial charge in [-0.25, -0.2) is 4.79 Å². The Bertz CT molecular complexity index is 694. The van der Waals surface area contributed by atoms with Gasteiger partial charge in [0.25, 0.3) is 0 Å². The van der Waals surface area contributed by atoms with Gasteiger partial charge in [0.15, 0.2) is 5.78 Å². The highest BCUT2D eigenvalue weighted by Gasteiger charge is 2.13. The Labute approximate surface area is 136 Å². The molecular weight excluding hydrogens is 346 g/mol. The highest BCUT2D eigenvalue weighted by atomic mass is 79.9. The molecule has 0 aromatic heterocycles. The van der Waals surface area contributed by atoms with Crippen molar-refractivity contribution in [3.63, 3.8) is 0 Å². The van der Waals surface area contributed by atoms with Crippen LogP contribution in [0.2, 0.25) is 0 Å². The highest BCUT2D eigenvalue weighted by Crippen LogP contribution is 2.14. The summed E-state index contributed by atoms with van der Waals surface area (Å²) in [5.74, 6) is -0.884. The summed E-state index contributed by atoms with van der Waals surface area (Å²) >= 11 is 3.31. The molecule has 0 saturated carbocycles. The number of carbonyl (C=O) groups excluding carboxylic acids is 2. The second-order valence-corrected chi connectivity index (χ2v) is 5.33. The number of carbonyl (C=O) groups is 2. The second kappa shape index (κ2) is 7.56. The third kappa shape index (κ3) is 4.30. The van der Waals surface area contributed by atoms with Crippen LogP contribution < -0.4 is 5.32 Å². The number of allylic oxidation sites excluding steroid dienone is 1. The summed E-state index contributed by atoms with van der Waals surface area (Å²) in [6, 6.07) is 16.0. The first-order valence-corrected chi connectivity index (χ1v) is 7.31. The molecule has 1 N–H and O–H groups in total. The smallest absolute Gasteiger partial charge is 0.354 e. The molecule has 2 aromatic carbocycles. The fraction of sp³-hybridized carbons (Fsp3) is 0.0588. The number of para-hydroxylation sites is 1. The van der Waals surface area contributed by atoms with Gasteiger partial charge in [0.1, 0.15) is 5.70 Å². The number of nitrogens with one attached hydrogen (secondary N) is 1. The number of rotatable bonds is 5. The Hall–Kier alpha value is -2.40. The molecule has 0 radical (unpaired) electrons. The summed E-state index contributed by atoms with van der Waals surface area (Å²) in [6.07, 6.45) is 1.24. The predicted molar refractivity (Wildman–Crippen MR) is 88.6 cm³/mol. The highest BCUT2D eigenvalue weighted by molar-refractivity contribution is 9.10. The van der Waals surface area contributed by atoms with Crippen LogP contribution in [0.25, 0.3) is 0 Å². The Balaban J connectivity index is 2.26. The molecule has 5 heteroatoms. The molecule has 2 rings (SSSR count). The number of methoxy groups -OCH3 is 1. The van der Waals surface area contributed by atoms with Crippen LogP contribution in [0.1, 0.15) is 10.4 Å². The van der Waals surface area contributed by atoms with E-state index in [1.807, 2.05) is 18.2 Å². The van der Waals surface area contributed by atoms with Crippen LogP contribution in [-0.2, 0) is 9.53 Å². The molecule has 0 saturated heterocycles. The topological polar surface area (TPSA) is 55.4 Å². The summed E-state index contributed by atoms with van der Waals surface area (Å²) < 4.78 is 5.59. The average molecular weight is 360 g/mol. The number of esters is 1. The molecule has 0 fully saturated rings. The maximum absolute atomic E-state index is 12.2. The maximum atomic E-state index is 12.2. The largest absolute Gasteiger partial charge is 0.464 e. The van der Waals surface area contributed by atoms with Crippen molar-refractivity contribution >= 4 is 33.4 Å². The summed E-state index contributed by atoms with van der Waals surface area (Å²) in [6.45, 7) is 0. The lowest BCUT2D eigenvalue weighted by Gasteiger charge is -2.09. The van der Waals surface area contributed by atoms with Crippen molar-refractivity contribution in [3.8, 4) is 0 Å². The molecule has 0 unspecified atom stereocenters. The van der Waals surface area contributed by atoms with E-state index in [9.17, 15) is 9.59 Å². The Morgan fingerprint density at radius 3 is 2.27 bits per heavy atom. The number of hydrogen-bond acceptors (Lipinski definition) is 4. The molecular formula is C17H14BrNO3. The lowest BCUT2D eigenvalue weighted by molar-refractivity contribution is -0.135. The average Bonchev–Trinajstić information content (AvgIpc) is 2.55. The van der Waals surface area contributed by atoms with Crippen molar-refractivity contribution in [2.75, 3.05) is 12.4 Å². The summed E-state index contributed by atoms with van der Waals surface area (Å²) in [4.78, 5) is 24.1. The van der Waals surface area contributed by atoms with Gasteiger partial charge in [-0.1, -0.05) is 34.1 Å². The zero-order valence-corrected chi connectivity index (χ0v) is 13.5. The van der Waals surface area contributed by atoms with Crippen LogP contribution >= 0.6 is 15.9 Å². The van der Waals surface area contributed by atoms with Gasteiger partial charge in [-0.2, -0.15) is 0 Å².